The summed E-state index contributed by atoms with van der Waals surface area (Å²) in [6.07, 6.45) is 2.97. The largest absolute Gasteiger partial charge is 0.508 e. The highest BCUT2D eigenvalue weighted by molar-refractivity contribution is 8.14. The number of amidine groups is 1. The number of pyridine rings is 1. The molecule has 1 aromatic carbocycles. The summed E-state index contributed by atoms with van der Waals surface area (Å²) in [6.45, 7) is 6.60. The minimum atomic E-state index is -0.00295. The van der Waals surface area contributed by atoms with Crippen LogP contribution in [0.5, 0.6) is 5.75 Å². The monoisotopic (exact) mass is 418 g/mol. The lowest BCUT2D eigenvalue weighted by Crippen LogP contribution is -2.35. The van der Waals surface area contributed by atoms with Crippen LogP contribution in [0, 0.1) is 13.8 Å². The summed E-state index contributed by atoms with van der Waals surface area (Å²) in [4.78, 5) is 12.3. The van der Waals surface area contributed by atoms with Gasteiger partial charge in [0.1, 0.15) is 11.8 Å². The number of aromatic hydroxyl groups is 1. The molecule has 0 bridgehead atoms. The maximum atomic E-state index is 9.70. The van der Waals surface area contributed by atoms with E-state index in [4.69, 9.17) is 4.99 Å². The zero-order valence-corrected chi connectivity index (χ0v) is 18.3. The van der Waals surface area contributed by atoms with Crippen LogP contribution in [0.25, 0.3) is 5.69 Å². The normalized spacial score (nSPS) is 23.0. The average Bonchev–Trinajstić information content (AvgIpc) is 3.41. The van der Waals surface area contributed by atoms with Crippen LogP contribution in [0.4, 0.5) is 0 Å². The number of phenolic OH excluding ortho intramolecular Hbond substituents is 1. The van der Waals surface area contributed by atoms with E-state index in [9.17, 15) is 5.11 Å². The minimum Gasteiger partial charge on any atom is -0.508 e. The number of hydrogen-bond donors (Lipinski definition) is 1. The van der Waals surface area contributed by atoms with Gasteiger partial charge in [0.05, 0.1) is 11.7 Å². The Kier molecular flexibility index (Phi) is 4.82. The quantitative estimate of drug-likeness (QED) is 0.635. The van der Waals surface area contributed by atoms with Gasteiger partial charge in [-0.2, -0.15) is 0 Å². The number of aliphatic imine (C=N–C) groups is 1. The zero-order valence-electron chi connectivity index (χ0n) is 17.5. The molecule has 0 saturated carbocycles. The second-order valence-corrected chi connectivity index (χ2v) is 9.00. The molecule has 4 heterocycles. The molecule has 0 aliphatic carbocycles. The van der Waals surface area contributed by atoms with Crippen LogP contribution in [0.2, 0.25) is 0 Å². The predicted octanol–water partition coefficient (Wildman–Crippen LogP) is 5.17. The van der Waals surface area contributed by atoms with Gasteiger partial charge < -0.3 is 14.6 Å². The molecule has 1 N–H and O–H groups in total. The molecular weight excluding hydrogens is 392 g/mol. The average molecular weight is 419 g/mol. The van der Waals surface area contributed by atoms with Crippen molar-refractivity contribution in [2.75, 3.05) is 5.75 Å². The smallest absolute Gasteiger partial charge is 0.160 e. The second-order valence-electron chi connectivity index (χ2n) is 8.01. The highest BCUT2D eigenvalue weighted by Gasteiger charge is 2.46. The zero-order chi connectivity index (χ0) is 20.8. The van der Waals surface area contributed by atoms with Crippen molar-refractivity contribution < 1.29 is 5.11 Å². The molecule has 0 radical (unpaired) electrons. The maximum Gasteiger partial charge on any atom is 0.160 e. The first-order valence-corrected chi connectivity index (χ1v) is 11.4. The van der Waals surface area contributed by atoms with E-state index in [1.807, 2.05) is 42.2 Å². The van der Waals surface area contributed by atoms with Gasteiger partial charge in [0.25, 0.3) is 0 Å². The van der Waals surface area contributed by atoms with Crippen molar-refractivity contribution in [3.63, 3.8) is 0 Å². The van der Waals surface area contributed by atoms with Crippen molar-refractivity contribution in [2.45, 2.75) is 45.3 Å². The Morgan fingerprint density at radius 1 is 1.13 bits per heavy atom. The lowest BCUT2D eigenvalue weighted by molar-refractivity contribution is 0.254. The number of rotatable bonds is 4. The number of benzene rings is 1. The topological polar surface area (TPSA) is 53.6 Å². The fraction of sp³-hybridized carbons (Fsp3) is 0.333. The Morgan fingerprint density at radius 2 is 1.93 bits per heavy atom. The first-order chi connectivity index (χ1) is 14.6. The highest BCUT2D eigenvalue weighted by Crippen LogP contribution is 2.49. The van der Waals surface area contributed by atoms with Crippen LogP contribution in [-0.4, -0.2) is 36.5 Å². The van der Waals surface area contributed by atoms with Gasteiger partial charge in [-0.05, 0) is 68.3 Å². The molecule has 0 unspecified atom stereocenters. The third-order valence-corrected chi connectivity index (χ3v) is 7.35. The number of phenols is 1. The van der Waals surface area contributed by atoms with Gasteiger partial charge >= 0.3 is 0 Å². The maximum absolute atomic E-state index is 9.70. The van der Waals surface area contributed by atoms with E-state index in [0.717, 1.165) is 28.7 Å². The van der Waals surface area contributed by atoms with Gasteiger partial charge in [0, 0.05) is 35.1 Å². The van der Waals surface area contributed by atoms with Crippen molar-refractivity contribution in [3.05, 3.63) is 77.4 Å². The molecular formula is C24H26N4OS. The fourth-order valence-electron chi connectivity index (χ4n) is 4.77. The van der Waals surface area contributed by atoms with Crippen LogP contribution in [-0.2, 0) is 0 Å². The number of aryl methyl sites for hydroxylation is 1. The molecule has 5 rings (SSSR count). The van der Waals surface area contributed by atoms with Gasteiger partial charge in [-0.3, -0.25) is 9.98 Å². The highest BCUT2D eigenvalue weighted by atomic mass is 32.2. The van der Waals surface area contributed by atoms with E-state index in [2.05, 4.69) is 47.4 Å². The fourth-order valence-corrected chi connectivity index (χ4v) is 6.11. The van der Waals surface area contributed by atoms with Gasteiger partial charge in [0.15, 0.2) is 5.17 Å². The van der Waals surface area contributed by atoms with Crippen molar-refractivity contribution in [1.82, 2.24) is 14.5 Å². The Hall–Kier alpha value is -2.73. The third-order valence-electron chi connectivity index (χ3n) is 6.23. The lowest BCUT2D eigenvalue weighted by Gasteiger charge is -2.32. The molecule has 30 heavy (non-hydrogen) atoms. The molecule has 6 heteroatoms. The van der Waals surface area contributed by atoms with Crippen LogP contribution in [0.15, 0.2) is 59.7 Å². The van der Waals surface area contributed by atoms with Gasteiger partial charge in [0.2, 0.25) is 0 Å². The summed E-state index contributed by atoms with van der Waals surface area (Å²) in [7, 11) is 0. The van der Waals surface area contributed by atoms with Crippen molar-refractivity contribution in [2.24, 2.45) is 4.99 Å². The van der Waals surface area contributed by atoms with E-state index in [-0.39, 0.29) is 17.8 Å². The number of aromatic nitrogens is 2. The van der Waals surface area contributed by atoms with Crippen LogP contribution < -0.4 is 0 Å². The molecule has 3 atom stereocenters. The summed E-state index contributed by atoms with van der Waals surface area (Å²) < 4.78 is 2.27. The summed E-state index contributed by atoms with van der Waals surface area (Å²) in [6, 6.07) is 16.4. The van der Waals surface area contributed by atoms with Crippen molar-refractivity contribution in [3.8, 4) is 11.4 Å². The van der Waals surface area contributed by atoms with E-state index < -0.39 is 0 Å². The molecule has 2 aliphatic rings. The Morgan fingerprint density at radius 3 is 2.63 bits per heavy atom. The molecule has 5 nitrogen and oxygen atoms in total. The Labute approximate surface area is 181 Å². The van der Waals surface area contributed by atoms with E-state index >= 15 is 0 Å². The van der Waals surface area contributed by atoms with Crippen LogP contribution >= 0.6 is 11.8 Å². The van der Waals surface area contributed by atoms with Gasteiger partial charge in [-0.1, -0.05) is 24.8 Å². The van der Waals surface area contributed by atoms with E-state index in [1.165, 1.54) is 17.0 Å². The molecule has 2 aliphatic heterocycles. The molecule has 1 saturated heterocycles. The molecule has 3 aromatic rings. The van der Waals surface area contributed by atoms with Gasteiger partial charge in [-0.25, -0.2) is 0 Å². The van der Waals surface area contributed by atoms with Crippen LogP contribution in [0.3, 0.4) is 0 Å². The molecule has 1 fully saturated rings. The minimum absolute atomic E-state index is 0.00295. The first kappa shape index (κ1) is 19.2. The SMILES string of the molecule is CC[C@H]1CSC2=N[C@H](c3ccccn3)[C@@H](c3cc(C)n(-c4ccc(O)cc4)c3C)N21. The number of fused-ring (bicyclic) bond motifs is 1. The molecule has 0 spiro atoms. The number of nitrogens with zero attached hydrogens (tertiary/aromatic N) is 4. The molecule has 154 valence electrons. The van der Waals surface area contributed by atoms with Gasteiger partial charge in [-0.15, -0.1) is 0 Å². The molecule has 2 aromatic heterocycles. The van der Waals surface area contributed by atoms with E-state index in [0.29, 0.717) is 6.04 Å². The summed E-state index contributed by atoms with van der Waals surface area (Å²) in [5, 5.41) is 10.8. The summed E-state index contributed by atoms with van der Waals surface area (Å²) >= 11 is 1.87. The summed E-state index contributed by atoms with van der Waals surface area (Å²) in [5.41, 5.74) is 5.78. The molecule has 0 amide bonds. The Balaban J connectivity index is 1.63. The standard InChI is InChI=1S/C24H26N4OS/c1-4-17-14-30-24-26-22(21-7-5-6-12-25-21)23(28(17)24)20-13-15(2)27(16(20)3)18-8-10-19(29)11-9-18/h5-13,17,22-23,29H,4,14H2,1-3H3/t17-,22+,23+/m0/s1. The number of hydrogen-bond acceptors (Lipinski definition) is 5. The van der Waals surface area contributed by atoms with Crippen molar-refractivity contribution in [1.29, 1.82) is 0 Å². The number of thioether (sulfide) groups is 1. The second kappa shape index (κ2) is 7.51. The third kappa shape index (κ3) is 3.01. The van der Waals surface area contributed by atoms with Crippen molar-refractivity contribution >= 4 is 16.9 Å². The van der Waals surface area contributed by atoms with Crippen LogP contribution in [0.1, 0.15) is 48.1 Å². The van der Waals surface area contributed by atoms with E-state index in [1.54, 1.807) is 12.1 Å². The lowest BCUT2D eigenvalue weighted by atomic mass is 9.95. The first-order valence-electron chi connectivity index (χ1n) is 10.5. The summed E-state index contributed by atoms with van der Waals surface area (Å²) in [5.74, 6) is 1.38. The predicted molar refractivity (Wildman–Crippen MR) is 122 cm³/mol. The Bertz CT molecular complexity index is 1090.